The van der Waals surface area contributed by atoms with E-state index in [9.17, 15) is 0 Å². The van der Waals surface area contributed by atoms with Crippen LogP contribution in [0.5, 0.6) is 5.75 Å². The van der Waals surface area contributed by atoms with Gasteiger partial charge in [-0.05, 0) is 24.6 Å². The molecule has 0 N–H and O–H groups in total. The smallest absolute Gasteiger partial charge is 1.00 e. The molecule has 0 aliphatic heterocycles. The summed E-state index contributed by atoms with van der Waals surface area (Å²) in [5.41, 5.74) is 2.44. The molecule has 2 aromatic rings. The molecule has 4 heteroatoms. The van der Waals surface area contributed by atoms with Crippen LogP contribution in [0.1, 0.15) is 11.1 Å². The van der Waals surface area contributed by atoms with E-state index < -0.39 is 0 Å². The van der Waals surface area contributed by atoms with Crippen LogP contribution in [0.3, 0.4) is 0 Å². The molecular formula is C14H14Cl2MgO. The normalized spacial score (nSPS) is 8.28. The minimum absolute atomic E-state index is 0. The first-order valence-corrected chi connectivity index (χ1v) is 5.08. The Hall–Kier alpha value is -0.414. The third-order valence-electron chi connectivity index (χ3n) is 2.27. The molecule has 0 fully saturated rings. The predicted octanol–water partition coefficient (Wildman–Crippen LogP) is -2.80. The Bertz CT molecular complexity index is 418. The average Bonchev–Trinajstić information content (AvgIpc) is 2.30. The fourth-order valence-corrected chi connectivity index (χ4v) is 1.38. The molecule has 2 rings (SSSR count). The van der Waals surface area contributed by atoms with Gasteiger partial charge in [0.15, 0.2) is 0 Å². The number of hydrogen-bond donors (Lipinski definition) is 0. The summed E-state index contributed by atoms with van der Waals surface area (Å²) in [7, 11) is 0. The van der Waals surface area contributed by atoms with Gasteiger partial charge in [-0.3, -0.25) is 0 Å². The number of rotatable bonds is 3. The Kier molecular flexibility index (Phi) is 11.6. The number of halogens is 2. The fourth-order valence-electron chi connectivity index (χ4n) is 1.38. The molecule has 0 aliphatic carbocycles. The molecule has 0 saturated carbocycles. The molecule has 0 unspecified atom stereocenters. The van der Waals surface area contributed by atoms with Gasteiger partial charge < -0.3 is 29.6 Å². The van der Waals surface area contributed by atoms with Gasteiger partial charge in [0.1, 0.15) is 12.4 Å². The second-order valence-electron chi connectivity index (χ2n) is 3.59. The largest absolute Gasteiger partial charge is 2.00 e. The van der Waals surface area contributed by atoms with E-state index in [0.717, 1.165) is 5.75 Å². The van der Waals surface area contributed by atoms with Crippen molar-refractivity contribution >= 4 is 23.1 Å². The van der Waals surface area contributed by atoms with E-state index in [-0.39, 0.29) is 47.9 Å². The number of aryl methyl sites for hydroxylation is 1. The summed E-state index contributed by atoms with van der Waals surface area (Å²) in [5, 5.41) is 0. The van der Waals surface area contributed by atoms with Crippen molar-refractivity contribution < 1.29 is 29.6 Å². The Morgan fingerprint density at radius 3 is 1.94 bits per heavy atom. The van der Waals surface area contributed by atoms with E-state index in [4.69, 9.17) is 4.74 Å². The van der Waals surface area contributed by atoms with Crippen molar-refractivity contribution in [3.63, 3.8) is 0 Å². The Morgan fingerprint density at radius 1 is 0.833 bits per heavy atom. The molecule has 0 amide bonds. The summed E-state index contributed by atoms with van der Waals surface area (Å²) < 4.78 is 5.65. The topological polar surface area (TPSA) is 9.23 Å². The van der Waals surface area contributed by atoms with Crippen molar-refractivity contribution in [2.24, 2.45) is 0 Å². The molecule has 2 aromatic carbocycles. The van der Waals surface area contributed by atoms with Gasteiger partial charge in [0, 0.05) is 0 Å². The predicted molar refractivity (Wildman–Crippen MR) is 67.7 cm³/mol. The van der Waals surface area contributed by atoms with Crippen LogP contribution in [-0.4, -0.2) is 23.1 Å². The van der Waals surface area contributed by atoms with Gasteiger partial charge in [-0.2, -0.15) is 0 Å². The van der Waals surface area contributed by atoms with Gasteiger partial charge in [-0.25, -0.2) is 0 Å². The number of hydrogen-bond acceptors (Lipinski definition) is 1. The summed E-state index contributed by atoms with van der Waals surface area (Å²) in [6.07, 6.45) is 0. The first-order valence-electron chi connectivity index (χ1n) is 5.08. The van der Waals surface area contributed by atoms with Crippen LogP contribution in [0.25, 0.3) is 0 Å². The zero-order valence-corrected chi connectivity index (χ0v) is 13.2. The number of benzene rings is 2. The molecule has 0 heterocycles. The molecule has 0 saturated heterocycles. The Morgan fingerprint density at radius 2 is 1.39 bits per heavy atom. The molecule has 0 bridgehead atoms. The summed E-state index contributed by atoms with van der Waals surface area (Å²) in [4.78, 5) is 0. The summed E-state index contributed by atoms with van der Waals surface area (Å²) >= 11 is 0. The van der Waals surface area contributed by atoms with Crippen molar-refractivity contribution in [1.29, 1.82) is 0 Å². The van der Waals surface area contributed by atoms with Crippen LogP contribution in [0, 0.1) is 6.92 Å². The first kappa shape index (κ1) is 19.9. The second-order valence-corrected chi connectivity index (χ2v) is 3.59. The maximum absolute atomic E-state index is 5.65. The maximum Gasteiger partial charge on any atom is 2.00 e. The van der Waals surface area contributed by atoms with Crippen molar-refractivity contribution in [2.75, 3.05) is 0 Å². The van der Waals surface area contributed by atoms with E-state index in [1.54, 1.807) is 0 Å². The van der Waals surface area contributed by atoms with Crippen molar-refractivity contribution in [3.05, 3.63) is 65.7 Å². The molecule has 0 radical (unpaired) electrons. The minimum atomic E-state index is 0. The van der Waals surface area contributed by atoms with Crippen LogP contribution in [0.2, 0.25) is 0 Å². The van der Waals surface area contributed by atoms with E-state index in [0.29, 0.717) is 6.61 Å². The maximum atomic E-state index is 5.65. The quantitative estimate of drug-likeness (QED) is 0.556. The van der Waals surface area contributed by atoms with Crippen molar-refractivity contribution in [1.82, 2.24) is 0 Å². The fraction of sp³-hybridized carbons (Fsp3) is 0.143. The van der Waals surface area contributed by atoms with Crippen LogP contribution in [0.15, 0.2) is 54.6 Å². The van der Waals surface area contributed by atoms with E-state index >= 15 is 0 Å². The van der Waals surface area contributed by atoms with Gasteiger partial charge in [0.2, 0.25) is 0 Å². The van der Waals surface area contributed by atoms with Crippen LogP contribution in [-0.2, 0) is 6.61 Å². The number of ether oxygens (including phenoxy) is 1. The van der Waals surface area contributed by atoms with Crippen LogP contribution in [0.4, 0.5) is 0 Å². The molecule has 0 aliphatic rings. The molecule has 1 nitrogen and oxygen atoms in total. The van der Waals surface area contributed by atoms with Gasteiger partial charge >= 0.3 is 23.1 Å². The van der Waals surface area contributed by atoms with Gasteiger partial charge in [-0.15, -0.1) is 0 Å². The standard InChI is InChI=1S/C14H14O.2ClH.Mg/c1-12-7-9-14(10-8-12)15-11-13-5-3-2-4-6-13;;;/h2-10H,11H2,1H3;2*1H;/q;;;+2/p-2. The molecule has 18 heavy (non-hydrogen) atoms. The third-order valence-corrected chi connectivity index (χ3v) is 2.27. The Balaban J connectivity index is 0. The summed E-state index contributed by atoms with van der Waals surface area (Å²) in [5.74, 6) is 0.921. The molecular weight excluding hydrogens is 279 g/mol. The molecule has 0 atom stereocenters. The summed E-state index contributed by atoms with van der Waals surface area (Å²) in [6, 6.07) is 18.3. The molecule has 0 spiro atoms. The van der Waals surface area contributed by atoms with Gasteiger partial charge in [0.05, 0.1) is 0 Å². The van der Waals surface area contributed by atoms with E-state index in [2.05, 4.69) is 31.2 Å². The average molecular weight is 293 g/mol. The summed E-state index contributed by atoms with van der Waals surface area (Å²) in [6.45, 7) is 2.70. The van der Waals surface area contributed by atoms with E-state index in [1.165, 1.54) is 11.1 Å². The van der Waals surface area contributed by atoms with Crippen molar-refractivity contribution in [3.8, 4) is 5.75 Å². The second kappa shape index (κ2) is 10.5. The third kappa shape index (κ3) is 6.50. The van der Waals surface area contributed by atoms with Crippen LogP contribution < -0.4 is 29.6 Å². The molecule has 0 aromatic heterocycles. The zero-order valence-electron chi connectivity index (χ0n) is 10.3. The van der Waals surface area contributed by atoms with Gasteiger partial charge in [-0.1, -0.05) is 48.0 Å². The van der Waals surface area contributed by atoms with Crippen LogP contribution >= 0.6 is 0 Å². The molecule has 92 valence electrons. The van der Waals surface area contributed by atoms with Gasteiger partial charge in [0.25, 0.3) is 0 Å². The van der Waals surface area contributed by atoms with Crippen molar-refractivity contribution in [2.45, 2.75) is 13.5 Å². The minimum Gasteiger partial charge on any atom is -1.00 e. The SMILES string of the molecule is Cc1ccc(OCc2ccccc2)cc1.[Cl-].[Cl-].[Mg+2]. The first-order chi connectivity index (χ1) is 7.34. The monoisotopic (exact) mass is 292 g/mol. The Labute approximate surface area is 137 Å². The van der Waals surface area contributed by atoms with E-state index in [1.807, 2.05) is 30.3 Å². The zero-order chi connectivity index (χ0) is 10.5.